The Kier molecular flexibility index (Phi) is 12.4. The molecule has 1 atom stereocenters. The van der Waals surface area contributed by atoms with Gasteiger partial charge in [-0.25, -0.2) is 8.78 Å². The number of amides is 1. The summed E-state index contributed by atoms with van der Waals surface area (Å²) < 4.78 is 26.5. The Morgan fingerprint density at radius 3 is 2.38 bits per heavy atom. The summed E-state index contributed by atoms with van der Waals surface area (Å²) in [5, 5.41) is 3.01. The molecule has 0 aliphatic carbocycles. The molecule has 0 radical (unpaired) electrons. The van der Waals surface area contributed by atoms with Gasteiger partial charge in [0.1, 0.15) is 11.6 Å². The molecule has 1 aliphatic heterocycles. The summed E-state index contributed by atoms with van der Waals surface area (Å²) in [5.41, 5.74) is 6.50. The number of thioether (sulfide) groups is 1. The SMILES string of the molecule is CSCC[C@H](N)C(=O)NC1CCN(Cc2cc(F)cc(F)c2)CC1.Cl.Cl. The maximum Gasteiger partial charge on any atom is 0.237 e. The van der Waals surface area contributed by atoms with Gasteiger partial charge in [0.2, 0.25) is 5.91 Å². The number of benzene rings is 1. The molecule has 1 amide bonds. The molecule has 3 N–H and O–H groups in total. The number of hydrogen-bond donors (Lipinski definition) is 2. The molecule has 1 saturated heterocycles. The second-order valence-corrected chi connectivity index (χ2v) is 7.21. The molecule has 1 aromatic rings. The number of nitrogens with two attached hydrogens (primary N) is 1. The highest BCUT2D eigenvalue weighted by molar-refractivity contribution is 7.98. The molecule has 1 heterocycles. The number of likely N-dealkylation sites (tertiary alicyclic amines) is 1. The molecule has 0 bridgehead atoms. The van der Waals surface area contributed by atoms with Gasteiger partial charge in [0, 0.05) is 31.7 Å². The van der Waals surface area contributed by atoms with Gasteiger partial charge in [0.05, 0.1) is 6.04 Å². The zero-order chi connectivity index (χ0) is 17.5. The lowest BCUT2D eigenvalue weighted by atomic mass is 10.0. The molecule has 26 heavy (non-hydrogen) atoms. The van der Waals surface area contributed by atoms with E-state index in [1.807, 2.05) is 6.26 Å². The van der Waals surface area contributed by atoms with Gasteiger partial charge in [0.15, 0.2) is 0 Å². The fraction of sp³-hybridized carbons (Fsp3) is 0.588. The monoisotopic (exact) mass is 429 g/mol. The average Bonchev–Trinajstić information content (AvgIpc) is 2.53. The van der Waals surface area contributed by atoms with Crippen LogP contribution >= 0.6 is 36.6 Å². The lowest BCUT2D eigenvalue weighted by Crippen LogP contribution is -2.49. The van der Waals surface area contributed by atoms with E-state index in [2.05, 4.69) is 10.2 Å². The van der Waals surface area contributed by atoms with Crippen LogP contribution in [0.2, 0.25) is 0 Å². The second-order valence-electron chi connectivity index (χ2n) is 6.22. The van der Waals surface area contributed by atoms with Crippen LogP contribution < -0.4 is 11.1 Å². The molecule has 1 aromatic carbocycles. The summed E-state index contributed by atoms with van der Waals surface area (Å²) in [6, 6.07) is 3.28. The Morgan fingerprint density at radius 2 is 1.85 bits per heavy atom. The van der Waals surface area contributed by atoms with Gasteiger partial charge in [-0.1, -0.05) is 0 Å². The highest BCUT2D eigenvalue weighted by Crippen LogP contribution is 2.16. The molecule has 0 unspecified atom stereocenters. The van der Waals surface area contributed by atoms with Gasteiger partial charge in [-0.3, -0.25) is 9.69 Å². The van der Waals surface area contributed by atoms with Gasteiger partial charge >= 0.3 is 0 Å². The number of carbonyl (C=O) groups excluding carboxylic acids is 1. The molecular weight excluding hydrogens is 403 g/mol. The fourth-order valence-corrected chi connectivity index (χ4v) is 3.37. The molecule has 0 spiro atoms. The number of piperidine rings is 1. The molecule has 0 saturated carbocycles. The molecule has 4 nitrogen and oxygen atoms in total. The normalized spacial score (nSPS) is 16.3. The Morgan fingerprint density at radius 1 is 1.27 bits per heavy atom. The van der Waals surface area contributed by atoms with Gasteiger partial charge in [0.25, 0.3) is 0 Å². The first-order chi connectivity index (χ1) is 11.5. The van der Waals surface area contributed by atoms with E-state index in [4.69, 9.17) is 5.73 Å². The Bertz CT molecular complexity index is 541. The largest absolute Gasteiger partial charge is 0.352 e. The van der Waals surface area contributed by atoms with Crippen LogP contribution in [0.25, 0.3) is 0 Å². The van der Waals surface area contributed by atoms with Crippen molar-refractivity contribution in [1.29, 1.82) is 0 Å². The fourth-order valence-electron chi connectivity index (χ4n) is 2.88. The zero-order valence-corrected chi connectivity index (χ0v) is 17.2. The van der Waals surface area contributed by atoms with Crippen molar-refractivity contribution >= 4 is 42.5 Å². The van der Waals surface area contributed by atoms with Crippen molar-refractivity contribution in [2.45, 2.75) is 37.9 Å². The van der Waals surface area contributed by atoms with Crippen LogP contribution in [0.1, 0.15) is 24.8 Å². The third-order valence-corrected chi connectivity index (χ3v) is 4.88. The smallest absolute Gasteiger partial charge is 0.237 e. The van der Waals surface area contributed by atoms with Crippen molar-refractivity contribution in [2.24, 2.45) is 5.73 Å². The van der Waals surface area contributed by atoms with Crippen molar-refractivity contribution in [1.82, 2.24) is 10.2 Å². The maximum atomic E-state index is 13.2. The number of rotatable bonds is 7. The molecule has 0 aromatic heterocycles. The summed E-state index contributed by atoms with van der Waals surface area (Å²) in [6.45, 7) is 2.08. The van der Waals surface area contributed by atoms with Gasteiger partial charge in [-0.2, -0.15) is 11.8 Å². The van der Waals surface area contributed by atoms with E-state index in [1.54, 1.807) is 11.8 Å². The summed E-state index contributed by atoms with van der Waals surface area (Å²) in [4.78, 5) is 14.2. The minimum Gasteiger partial charge on any atom is -0.352 e. The van der Waals surface area contributed by atoms with Crippen molar-refractivity contribution in [3.8, 4) is 0 Å². The highest BCUT2D eigenvalue weighted by atomic mass is 35.5. The first-order valence-corrected chi connectivity index (χ1v) is 9.59. The predicted molar refractivity (Wildman–Crippen MR) is 108 cm³/mol. The molecule has 1 fully saturated rings. The summed E-state index contributed by atoms with van der Waals surface area (Å²) in [5.74, 6) is -0.315. The highest BCUT2D eigenvalue weighted by Gasteiger charge is 2.23. The summed E-state index contributed by atoms with van der Waals surface area (Å²) in [7, 11) is 0. The van der Waals surface area contributed by atoms with Crippen LogP contribution in [0.5, 0.6) is 0 Å². The minimum absolute atomic E-state index is 0. The standard InChI is InChI=1S/C17H25F2N3OS.2ClH/c1-24-7-4-16(20)17(23)21-15-2-5-22(6-3-15)11-12-8-13(18)10-14(19)9-12;;/h8-10,15-16H,2-7,11,20H2,1H3,(H,21,23);2*1H/t16-;;/m0../s1. The van der Waals surface area contributed by atoms with Gasteiger partial charge in [-0.05, 0) is 49.0 Å². The van der Waals surface area contributed by atoms with E-state index in [-0.39, 0.29) is 36.8 Å². The first-order valence-electron chi connectivity index (χ1n) is 8.20. The maximum absolute atomic E-state index is 13.2. The number of nitrogens with zero attached hydrogens (tertiary/aromatic N) is 1. The van der Waals surface area contributed by atoms with Crippen LogP contribution in [0, 0.1) is 11.6 Å². The van der Waals surface area contributed by atoms with E-state index in [0.717, 1.165) is 37.8 Å². The molecule has 150 valence electrons. The Balaban J connectivity index is 0.00000312. The van der Waals surface area contributed by atoms with Crippen molar-refractivity contribution in [2.75, 3.05) is 25.1 Å². The lowest BCUT2D eigenvalue weighted by molar-refractivity contribution is -0.123. The minimum atomic E-state index is -0.550. The lowest BCUT2D eigenvalue weighted by Gasteiger charge is -2.32. The van der Waals surface area contributed by atoms with Crippen LogP contribution in [0.3, 0.4) is 0 Å². The van der Waals surface area contributed by atoms with E-state index in [1.165, 1.54) is 12.1 Å². The number of nitrogens with one attached hydrogen (secondary N) is 1. The first kappa shape index (κ1) is 25.4. The zero-order valence-electron chi connectivity index (χ0n) is 14.7. The molecular formula is C17H27Cl2F2N3OS. The van der Waals surface area contributed by atoms with E-state index in [9.17, 15) is 13.6 Å². The third-order valence-electron chi connectivity index (χ3n) is 4.23. The number of carbonyl (C=O) groups is 1. The topological polar surface area (TPSA) is 58.4 Å². The summed E-state index contributed by atoms with van der Waals surface area (Å²) in [6.07, 6.45) is 4.30. The van der Waals surface area contributed by atoms with E-state index in [0.29, 0.717) is 18.5 Å². The van der Waals surface area contributed by atoms with Crippen molar-refractivity contribution < 1.29 is 13.6 Å². The Hall–Kier alpha value is -0.600. The molecule has 9 heteroatoms. The van der Waals surface area contributed by atoms with Crippen LogP contribution in [-0.4, -0.2) is 48.0 Å². The van der Waals surface area contributed by atoms with Crippen molar-refractivity contribution in [3.63, 3.8) is 0 Å². The second kappa shape index (κ2) is 12.7. The number of halogens is 4. The van der Waals surface area contributed by atoms with Crippen molar-refractivity contribution in [3.05, 3.63) is 35.4 Å². The van der Waals surface area contributed by atoms with Crippen LogP contribution in [-0.2, 0) is 11.3 Å². The van der Waals surface area contributed by atoms with Crippen LogP contribution in [0.15, 0.2) is 18.2 Å². The Labute approximate surface area is 170 Å². The third kappa shape index (κ3) is 8.39. The van der Waals surface area contributed by atoms with E-state index < -0.39 is 17.7 Å². The quantitative estimate of drug-likeness (QED) is 0.699. The predicted octanol–water partition coefficient (Wildman–Crippen LogP) is 2.97. The van der Waals surface area contributed by atoms with Gasteiger partial charge in [-0.15, -0.1) is 24.8 Å². The number of hydrogen-bond acceptors (Lipinski definition) is 4. The molecule has 1 aliphatic rings. The van der Waals surface area contributed by atoms with E-state index >= 15 is 0 Å². The van der Waals surface area contributed by atoms with Gasteiger partial charge < -0.3 is 11.1 Å². The molecule has 2 rings (SSSR count). The average molecular weight is 430 g/mol. The van der Waals surface area contributed by atoms with Crippen LogP contribution in [0.4, 0.5) is 8.78 Å². The summed E-state index contributed by atoms with van der Waals surface area (Å²) >= 11 is 1.68.